The lowest BCUT2D eigenvalue weighted by Gasteiger charge is -2.44. The largest absolute Gasteiger partial charge is 0.370 e. The maximum atomic E-state index is 7.38. The minimum atomic E-state index is 0.244. The molecule has 2 fully saturated rings. The van der Waals surface area contributed by atoms with Crippen molar-refractivity contribution in [2.45, 2.75) is 25.7 Å². The predicted molar refractivity (Wildman–Crippen MR) is 57.3 cm³/mol. The van der Waals surface area contributed by atoms with Crippen LogP contribution in [0.2, 0.25) is 0 Å². The molecule has 0 atom stereocenters. The van der Waals surface area contributed by atoms with Crippen LogP contribution in [0.5, 0.6) is 0 Å². The highest BCUT2D eigenvalue weighted by atomic mass is 15.2. The topological polar surface area (TPSA) is 65.1 Å². The van der Waals surface area contributed by atoms with E-state index >= 15 is 0 Å². The van der Waals surface area contributed by atoms with Crippen LogP contribution in [0, 0.1) is 10.8 Å². The van der Waals surface area contributed by atoms with Gasteiger partial charge in [0.25, 0.3) is 0 Å². The quantitative estimate of drug-likeness (QED) is 0.387. The fraction of sp³-hybridized carbons (Fsp3) is 0.900. The summed E-state index contributed by atoms with van der Waals surface area (Å²) in [4.78, 5) is 1.99. The number of hydrogen-bond acceptors (Lipinski definition) is 2. The molecular weight excluding hydrogens is 176 g/mol. The molecule has 0 aromatic rings. The molecule has 0 bridgehead atoms. The summed E-state index contributed by atoms with van der Waals surface area (Å²) in [6.45, 7) is 4.30. The van der Waals surface area contributed by atoms with Gasteiger partial charge in [-0.05, 0) is 44.2 Å². The van der Waals surface area contributed by atoms with Crippen LogP contribution in [0.25, 0.3) is 0 Å². The van der Waals surface area contributed by atoms with E-state index in [1.54, 1.807) is 0 Å². The first-order valence-electron chi connectivity index (χ1n) is 5.52. The van der Waals surface area contributed by atoms with Crippen LogP contribution in [0.1, 0.15) is 25.7 Å². The van der Waals surface area contributed by atoms with Crippen LogP contribution >= 0.6 is 0 Å². The van der Waals surface area contributed by atoms with Crippen LogP contribution < -0.4 is 11.1 Å². The highest BCUT2D eigenvalue weighted by Crippen LogP contribution is 2.39. The minimum absolute atomic E-state index is 0.244. The molecule has 80 valence electrons. The number of hydrogen-bond donors (Lipinski definition) is 3. The van der Waals surface area contributed by atoms with Crippen molar-refractivity contribution in [2.75, 3.05) is 26.2 Å². The smallest absolute Gasteiger partial charge is 0.188 e. The lowest BCUT2D eigenvalue weighted by Crippen LogP contribution is -2.48. The Morgan fingerprint density at radius 3 is 2.21 bits per heavy atom. The van der Waals surface area contributed by atoms with Gasteiger partial charge in [-0.15, -0.1) is 0 Å². The molecule has 0 unspecified atom stereocenters. The number of nitrogens with two attached hydrogens (primary N) is 1. The van der Waals surface area contributed by atoms with Gasteiger partial charge in [0.05, 0.1) is 0 Å². The number of rotatable bonds is 0. The Kier molecular flexibility index (Phi) is 2.63. The monoisotopic (exact) mass is 196 g/mol. The summed E-state index contributed by atoms with van der Waals surface area (Å²) in [5.41, 5.74) is 6.05. The van der Waals surface area contributed by atoms with E-state index in [2.05, 4.69) is 5.32 Å². The van der Waals surface area contributed by atoms with Crippen LogP contribution in [0.15, 0.2) is 0 Å². The highest BCUT2D eigenvalue weighted by molar-refractivity contribution is 5.74. The Balaban J connectivity index is 1.90. The Morgan fingerprint density at radius 2 is 1.71 bits per heavy atom. The summed E-state index contributed by atoms with van der Waals surface area (Å²) in [5.74, 6) is 0.244. The number of guanidine groups is 1. The van der Waals surface area contributed by atoms with Gasteiger partial charge in [0.15, 0.2) is 5.96 Å². The van der Waals surface area contributed by atoms with Crippen molar-refractivity contribution in [3.05, 3.63) is 0 Å². The number of piperidine rings is 2. The third kappa shape index (κ3) is 1.85. The number of likely N-dealkylation sites (tertiary alicyclic amines) is 1. The van der Waals surface area contributed by atoms with E-state index in [1.807, 2.05) is 4.90 Å². The van der Waals surface area contributed by atoms with E-state index < -0.39 is 0 Å². The fourth-order valence-corrected chi connectivity index (χ4v) is 2.68. The second kappa shape index (κ2) is 3.77. The Labute approximate surface area is 85.3 Å². The van der Waals surface area contributed by atoms with E-state index in [0.717, 1.165) is 13.1 Å². The third-order valence-electron chi connectivity index (χ3n) is 3.83. The highest BCUT2D eigenvalue weighted by Gasteiger charge is 2.35. The summed E-state index contributed by atoms with van der Waals surface area (Å²) in [5, 5.41) is 10.8. The van der Waals surface area contributed by atoms with Gasteiger partial charge in [0, 0.05) is 13.1 Å². The first kappa shape index (κ1) is 9.77. The van der Waals surface area contributed by atoms with Crippen molar-refractivity contribution in [3.8, 4) is 0 Å². The van der Waals surface area contributed by atoms with E-state index in [0.29, 0.717) is 5.41 Å². The summed E-state index contributed by atoms with van der Waals surface area (Å²) in [6.07, 6.45) is 5.04. The van der Waals surface area contributed by atoms with E-state index in [-0.39, 0.29) is 5.96 Å². The van der Waals surface area contributed by atoms with Gasteiger partial charge >= 0.3 is 0 Å². The average molecular weight is 196 g/mol. The zero-order valence-corrected chi connectivity index (χ0v) is 8.68. The van der Waals surface area contributed by atoms with Crippen molar-refractivity contribution in [1.29, 1.82) is 5.41 Å². The molecule has 2 aliphatic heterocycles. The number of nitrogens with one attached hydrogen (secondary N) is 2. The summed E-state index contributed by atoms with van der Waals surface area (Å²) >= 11 is 0. The molecule has 0 saturated carbocycles. The lowest BCUT2D eigenvalue weighted by atomic mass is 9.72. The summed E-state index contributed by atoms with van der Waals surface area (Å²) < 4.78 is 0. The van der Waals surface area contributed by atoms with E-state index in [4.69, 9.17) is 11.1 Å². The number of nitrogens with zero attached hydrogens (tertiary/aromatic N) is 1. The molecule has 2 aliphatic rings. The standard InChI is InChI=1S/C10H20N4/c11-9(12)14-7-3-10(4-8-14)1-5-13-6-2-10/h13H,1-8H2,(H3,11,12). The first-order chi connectivity index (χ1) is 6.72. The van der Waals surface area contributed by atoms with Crippen LogP contribution in [-0.2, 0) is 0 Å². The van der Waals surface area contributed by atoms with Gasteiger partial charge in [-0.1, -0.05) is 0 Å². The van der Waals surface area contributed by atoms with Gasteiger partial charge in [-0.25, -0.2) is 0 Å². The average Bonchev–Trinajstić information content (AvgIpc) is 2.19. The molecule has 4 N–H and O–H groups in total. The van der Waals surface area contributed by atoms with Crippen LogP contribution in [-0.4, -0.2) is 37.0 Å². The zero-order chi connectivity index (χ0) is 10.0. The van der Waals surface area contributed by atoms with E-state index in [9.17, 15) is 0 Å². The third-order valence-corrected chi connectivity index (χ3v) is 3.83. The maximum absolute atomic E-state index is 7.38. The second-order valence-electron chi connectivity index (χ2n) is 4.62. The van der Waals surface area contributed by atoms with Crippen molar-refractivity contribution in [1.82, 2.24) is 10.2 Å². The molecule has 2 heterocycles. The van der Waals surface area contributed by atoms with Gasteiger partial charge in [0.1, 0.15) is 0 Å². The lowest BCUT2D eigenvalue weighted by molar-refractivity contribution is 0.105. The zero-order valence-electron chi connectivity index (χ0n) is 8.68. The van der Waals surface area contributed by atoms with Crippen LogP contribution in [0.3, 0.4) is 0 Å². The minimum Gasteiger partial charge on any atom is -0.370 e. The molecule has 0 radical (unpaired) electrons. The molecule has 2 saturated heterocycles. The van der Waals surface area contributed by atoms with Gasteiger partial charge in [-0.3, -0.25) is 5.41 Å². The second-order valence-corrected chi connectivity index (χ2v) is 4.62. The first-order valence-corrected chi connectivity index (χ1v) is 5.52. The molecule has 14 heavy (non-hydrogen) atoms. The molecule has 4 heteroatoms. The fourth-order valence-electron chi connectivity index (χ4n) is 2.68. The molecule has 0 aromatic carbocycles. The van der Waals surface area contributed by atoms with Crippen molar-refractivity contribution in [2.24, 2.45) is 11.1 Å². The van der Waals surface area contributed by atoms with Gasteiger partial charge in [-0.2, -0.15) is 0 Å². The SMILES string of the molecule is N=C(N)N1CCC2(CCNCC2)CC1. The van der Waals surface area contributed by atoms with Crippen molar-refractivity contribution >= 4 is 5.96 Å². The Bertz CT molecular complexity index is 210. The normalized spacial score (nSPS) is 26.4. The predicted octanol–water partition coefficient (Wildman–Crippen LogP) is 0.345. The molecule has 1 spiro atoms. The summed E-state index contributed by atoms with van der Waals surface area (Å²) in [7, 11) is 0. The molecule has 0 aromatic heterocycles. The van der Waals surface area contributed by atoms with Crippen LogP contribution in [0.4, 0.5) is 0 Å². The Hall–Kier alpha value is -0.770. The molecule has 0 amide bonds. The van der Waals surface area contributed by atoms with Gasteiger partial charge in [0.2, 0.25) is 0 Å². The summed E-state index contributed by atoms with van der Waals surface area (Å²) in [6, 6.07) is 0. The Morgan fingerprint density at radius 1 is 1.14 bits per heavy atom. The molecular formula is C10H20N4. The van der Waals surface area contributed by atoms with E-state index in [1.165, 1.54) is 38.8 Å². The molecule has 0 aliphatic carbocycles. The molecule has 2 rings (SSSR count). The van der Waals surface area contributed by atoms with Crippen molar-refractivity contribution in [3.63, 3.8) is 0 Å². The molecule has 4 nitrogen and oxygen atoms in total. The maximum Gasteiger partial charge on any atom is 0.188 e. The van der Waals surface area contributed by atoms with Gasteiger partial charge < -0.3 is 16.0 Å². The van der Waals surface area contributed by atoms with Crippen molar-refractivity contribution < 1.29 is 0 Å².